The average molecular weight is 247 g/mol. The Labute approximate surface area is 106 Å². The molecule has 0 bridgehead atoms. The maximum Gasteiger partial charge on any atom is 0.115 e. The van der Waals surface area contributed by atoms with Crippen molar-refractivity contribution in [3.8, 4) is 5.75 Å². The first kappa shape index (κ1) is 12.6. The SMILES string of the molecule is CC(C)c1c(CO)nnn1Cc1ccc(O)cc1. The summed E-state index contributed by atoms with van der Waals surface area (Å²) >= 11 is 0. The highest BCUT2D eigenvalue weighted by molar-refractivity contribution is 5.26. The molecule has 0 aliphatic heterocycles. The zero-order valence-corrected chi connectivity index (χ0v) is 10.5. The summed E-state index contributed by atoms with van der Waals surface area (Å²) in [6.45, 7) is 4.58. The first-order chi connectivity index (χ1) is 8.61. The summed E-state index contributed by atoms with van der Waals surface area (Å²) in [5.74, 6) is 0.497. The van der Waals surface area contributed by atoms with Crippen LogP contribution in [0.25, 0.3) is 0 Å². The van der Waals surface area contributed by atoms with Crippen molar-refractivity contribution in [2.24, 2.45) is 0 Å². The highest BCUT2D eigenvalue weighted by Gasteiger charge is 2.15. The van der Waals surface area contributed by atoms with Gasteiger partial charge in [0.05, 0.1) is 18.8 Å². The number of nitrogens with zero attached hydrogens (tertiary/aromatic N) is 3. The smallest absolute Gasteiger partial charge is 0.115 e. The molecule has 0 saturated heterocycles. The number of benzene rings is 1. The fourth-order valence-electron chi connectivity index (χ4n) is 1.99. The number of rotatable bonds is 4. The minimum absolute atomic E-state index is 0.0942. The third-order valence-corrected chi connectivity index (χ3v) is 2.81. The number of hydrogen-bond donors (Lipinski definition) is 2. The Kier molecular flexibility index (Phi) is 3.62. The molecule has 1 heterocycles. The number of phenols is 1. The van der Waals surface area contributed by atoms with E-state index in [1.807, 2.05) is 26.0 Å². The van der Waals surface area contributed by atoms with Crippen molar-refractivity contribution in [1.82, 2.24) is 15.0 Å². The maximum absolute atomic E-state index is 9.24. The van der Waals surface area contributed by atoms with Gasteiger partial charge in [0, 0.05) is 0 Å². The van der Waals surface area contributed by atoms with Gasteiger partial charge in [0.1, 0.15) is 11.4 Å². The molecule has 0 spiro atoms. The molecule has 0 aliphatic carbocycles. The Morgan fingerprint density at radius 2 is 1.89 bits per heavy atom. The van der Waals surface area contributed by atoms with E-state index in [0.29, 0.717) is 12.2 Å². The van der Waals surface area contributed by atoms with E-state index in [1.54, 1.807) is 16.8 Å². The second kappa shape index (κ2) is 5.18. The van der Waals surface area contributed by atoms with Crippen LogP contribution in [-0.2, 0) is 13.2 Å². The van der Waals surface area contributed by atoms with E-state index < -0.39 is 0 Å². The van der Waals surface area contributed by atoms with Gasteiger partial charge in [0.15, 0.2) is 0 Å². The van der Waals surface area contributed by atoms with Crippen molar-refractivity contribution < 1.29 is 10.2 Å². The summed E-state index contributed by atoms with van der Waals surface area (Å²) in [7, 11) is 0. The molecule has 5 nitrogen and oxygen atoms in total. The van der Waals surface area contributed by atoms with Gasteiger partial charge in [-0.15, -0.1) is 5.10 Å². The molecule has 0 fully saturated rings. The predicted octanol–water partition coefficient (Wildman–Crippen LogP) is 1.65. The maximum atomic E-state index is 9.24. The highest BCUT2D eigenvalue weighted by atomic mass is 16.3. The quantitative estimate of drug-likeness (QED) is 0.861. The molecule has 1 aromatic carbocycles. The first-order valence-electron chi connectivity index (χ1n) is 5.93. The number of aliphatic hydroxyl groups is 1. The van der Waals surface area contributed by atoms with Crippen LogP contribution in [-0.4, -0.2) is 25.2 Å². The van der Waals surface area contributed by atoms with E-state index in [-0.39, 0.29) is 18.3 Å². The standard InChI is InChI=1S/C13H17N3O2/c1-9(2)13-12(8-17)14-15-16(13)7-10-3-5-11(18)6-4-10/h3-6,9,17-18H,7-8H2,1-2H3. The topological polar surface area (TPSA) is 71.2 Å². The molecule has 1 aromatic heterocycles. The number of hydrogen-bond acceptors (Lipinski definition) is 4. The molecular formula is C13H17N3O2. The summed E-state index contributed by atoms with van der Waals surface area (Å²) in [6.07, 6.45) is 0. The van der Waals surface area contributed by atoms with Gasteiger partial charge in [-0.25, -0.2) is 4.68 Å². The van der Waals surface area contributed by atoms with Crippen molar-refractivity contribution in [1.29, 1.82) is 0 Å². The molecule has 5 heteroatoms. The summed E-state index contributed by atoms with van der Waals surface area (Å²) in [5.41, 5.74) is 2.61. The average Bonchev–Trinajstić information content (AvgIpc) is 2.75. The Balaban J connectivity index is 2.28. The van der Waals surface area contributed by atoms with Gasteiger partial charge >= 0.3 is 0 Å². The van der Waals surface area contributed by atoms with Crippen LogP contribution in [0, 0.1) is 0 Å². The number of aliphatic hydroxyl groups excluding tert-OH is 1. The zero-order valence-electron chi connectivity index (χ0n) is 10.5. The van der Waals surface area contributed by atoms with E-state index in [2.05, 4.69) is 10.3 Å². The second-order valence-corrected chi connectivity index (χ2v) is 4.56. The molecule has 0 amide bonds. The van der Waals surface area contributed by atoms with E-state index in [0.717, 1.165) is 11.3 Å². The van der Waals surface area contributed by atoms with Crippen LogP contribution in [0.1, 0.15) is 36.7 Å². The summed E-state index contributed by atoms with van der Waals surface area (Å²) in [4.78, 5) is 0. The van der Waals surface area contributed by atoms with Gasteiger partial charge in [0.25, 0.3) is 0 Å². The molecule has 18 heavy (non-hydrogen) atoms. The Morgan fingerprint density at radius 1 is 1.22 bits per heavy atom. The summed E-state index contributed by atoms with van der Waals surface area (Å²) < 4.78 is 1.79. The number of phenolic OH excluding ortho intramolecular Hbond substituents is 1. The van der Waals surface area contributed by atoms with Crippen LogP contribution in [0.4, 0.5) is 0 Å². The molecule has 2 N–H and O–H groups in total. The number of aromatic nitrogens is 3. The summed E-state index contributed by atoms with van der Waals surface area (Å²) in [6, 6.07) is 6.99. The van der Waals surface area contributed by atoms with Crippen LogP contribution in [0.3, 0.4) is 0 Å². The molecule has 0 saturated carbocycles. The molecule has 0 aliphatic rings. The second-order valence-electron chi connectivity index (χ2n) is 4.56. The minimum Gasteiger partial charge on any atom is -0.508 e. The lowest BCUT2D eigenvalue weighted by Gasteiger charge is -2.10. The molecule has 0 unspecified atom stereocenters. The molecule has 2 rings (SSSR count). The van der Waals surface area contributed by atoms with Crippen LogP contribution < -0.4 is 0 Å². The molecule has 0 radical (unpaired) electrons. The first-order valence-corrected chi connectivity index (χ1v) is 5.93. The third-order valence-electron chi connectivity index (χ3n) is 2.81. The van der Waals surface area contributed by atoms with Gasteiger partial charge < -0.3 is 10.2 Å². The normalized spacial score (nSPS) is 11.1. The molecule has 2 aromatic rings. The largest absolute Gasteiger partial charge is 0.508 e. The van der Waals surface area contributed by atoms with Crippen molar-refractivity contribution in [3.63, 3.8) is 0 Å². The van der Waals surface area contributed by atoms with E-state index in [1.165, 1.54) is 0 Å². The van der Waals surface area contributed by atoms with Gasteiger partial charge in [-0.2, -0.15) is 0 Å². The zero-order chi connectivity index (χ0) is 13.1. The van der Waals surface area contributed by atoms with Crippen molar-refractivity contribution in [2.75, 3.05) is 0 Å². The Hall–Kier alpha value is -1.88. The number of aromatic hydroxyl groups is 1. The van der Waals surface area contributed by atoms with Gasteiger partial charge in [-0.3, -0.25) is 0 Å². The lowest BCUT2D eigenvalue weighted by atomic mass is 10.1. The third kappa shape index (κ3) is 2.51. The molecular weight excluding hydrogens is 230 g/mol. The van der Waals surface area contributed by atoms with Crippen molar-refractivity contribution >= 4 is 0 Å². The highest BCUT2D eigenvalue weighted by Crippen LogP contribution is 2.19. The molecule has 0 atom stereocenters. The van der Waals surface area contributed by atoms with Gasteiger partial charge in [0.2, 0.25) is 0 Å². The lowest BCUT2D eigenvalue weighted by molar-refractivity contribution is 0.275. The lowest BCUT2D eigenvalue weighted by Crippen LogP contribution is -2.08. The van der Waals surface area contributed by atoms with Gasteiger partial charge in [-0.05, 0) is 23.6 Å². The van der Waals surface area contributed by atoms with Crippen LogP contribution in [0.15, 0.2) is 24.3 Å². The van der Waals surface area contributed by atoms with E-state index in [9.17, 15) is 10.2 Å². The predicted molar refractivity (Wildman–Crippen MR) is 67.2 cm³/mol. The van der Waals surface area contributed by atoms with Crippen LogP contribution >= 0.6 is 0 Å². The Bertz CT molecular complexity index is 518. The molecule has 96 valence electrons. The van der Waals surface area contributed by atoms with E-state index in [4.69, 9.17) is 0 Å². The van der Waals surface area contributed by atoms with Crippen LogP contribution in [0.2, 0.25) is 0 Å². The fourth-order valence-corrected chi connectivity index (χ4v) is 1.99. The summed E-state index contributed by atoms with van der Waals surface area (Å²) in [5, 5.41) is 26.5. The van der Waals surface area contributed by atoms with Crippen molar-refractivity contribution in [2.45, 2.75) is 32.9 Å². The van der Waals surface area contributed by atoms with Crippen molar-refractivity contribution in [3.05, 3.63) is 41.2 Å². The van der Waals surface area contributed by atoms with E-state index >= 15 is 0 Å². The Morgan fingerprint density at radius 3 is 2.44 bits per heavy atom. The fraction of sp³-hybridized carbons (Fsp3) is 0.385. The minimum atomic E-state index is -0.0942. The van der Waals surface area contributed by atoms with Gasteiger partial charge in [-0.1, -0.05) is 31.2 Å². The van der Waals surface area contributed by atoms with Crippen LogP contribution in [0.5, 0.6) is 5.75 Å². The monoisotopic (exact) mass is 247 g/mol.